The molecule has 0 atom stereocenters. The first-order valence-electron chi connectivity index (χ1n) is 7.00. The lowest BCUT2D eigenvalue weighted by atomic mass is 9.96. The fourth-order valence-electron chi connectivity index (χ4n) is 2.66. The highest BCUT2D eigenvalue weighted by molar-refractivity contribution is 6.18. The summed E-state index contributed by atoms with van der Waals surface area (Å²) in [5, 5.41) is 2.53. The number of hydrogen-bond donors (Lipinski definition) is 0. The largest absolute Gasteiger partial charge is 0.497 e. The zero-order chi connectivity index (χ0) is 14.7. The smallest absolute Gasteiger partial charge is 0.118 e. The molecule has 0 saturated heterocycles. The van der Waals surface area contributed by atoms with Gasteiger partial charge in [-0.25, -0.2) is 0 Å². The lowest BCUT2D eigenvalue weighted by molar-refractivity contribution is 0.414. The molecular formula is C19H17ClO. The number of alkyl halides is 1. The zero-order valence-corrected chi connectivity index (χ0v) is 12.7. The third-order valence-corrected chi connectivity index (χ3v) is 4.09. The van der Waals surface area contributed by atoms with Gasteiger partial charge in [-0.05, 0) is 46.0 Å². The van der Waals surface area contributed by atoms with Gasteiger partial charge in [-0.2, -0.15) is 0 Å². The molecule has 0 N–H and O–H groups in total. The predicted molar refractivity (Wildman–Crippen MR) is 89.3 cm³/mol. The molecule has 0 aliphatic carbocycles. The van der Waals surface area contributed by atoms with Crippen LogP contribution >= 0.6 is 11.6 Å². The summed E-state index contributed by atoms with van der Waals surface area (Å²) < 4.78 is 5.21. The molecule has 0 aromatic heterocycles. The molecule has 0 amide bonds. The number of ether oxygens (including phenoxy) is 1. The lowest BCUT2D eigenvalue weighted by Crippen LogP contribution is -1.93. The third kappa shape index (κ3) is 2.88. The van der Waals surface area contributed by atoms with Gasteiger partial charge < -0.3 is 4.74 Å². The van der Waals surface area contributed by atoms with Crippen molar-refractivity contribution >= 4 is 22.4 Å². The van der Waals surface area contributed by atoms with E-state index in [1.54, 1.807) is 7.11 Å². The fraction of sp³-hybridized carbons (Fsp3) is 0.158. The Morgan fingerprint density at radius 2 is 1.43 bits per heavy atom. The van der Waals surface area contributed by atoms with Gasteiger partial charge in [0.15, 0.2) is 0 Å². The Morgan fingerprint density at radius 3 is 2.05 bits per heavy atom. The maximum absolute atomic E-state index is 6.04. The van der Waals surface area contributed by atoms with Gasteiger partial charge in [0.1, 0.15) is 5.75 Å². The number of rotatable bonds is 4. The lowest BCUT2D eigenvalue weighted by Gasteiger charge is -2.10. The Hall–Kier alpha value is -1.99. The summed E-state index contributed by atoms with van der Waals surface area (Å²) in [5.41, 5.74) is 3.79. The van der Waals surface area contributed by atoms with Gasteiger partial charge in [-0.1, -0.05) is 48.5 Å². The molecule has 0 bridgehead atoms. The van der Waals surface area contributed by atoms with Crippen LogP contribution in [0.2, 0.25) is 0 Å². The van der Waals surface area contributed by atoms with Gasteiger partial charge in [-0.15, -0.1) is 11.6 Å². The van der Waals surface area contributed by atoms with Crippen LogP contribution in [-0.4, -0.2) is 7.11 Å². The summed E-state index contributed by atoms with van der Waals surface area (Å²) in [7, 11) is 1.69. The van der Waals surface area contributed by atoms with Crippen LogP contribution in [0, 0.1) is 0 Å². The SMILES string of the molecule is COc1ccc(Cc2ccc(CCl)c3ccccc23)cc1. The van der Waals surface area contributed by atoms with Crippen molar-refractivity contribution in [3.63, 3.8) is 0 Å². The minimum atomic E-state index is 0.545. The highest BCUT2D eigenvalue weighted by atomic mass is 35.5. The van der Waals surface area contributed by atoms with Crippen molar-refractivity contribution in [1.82, 2.24) is 0 Å². The summed E-state index contributed by atoms with van der Waals surface area (Å²) in [6.45, 7) is 0. The minimum Gasteiger partial charge on any atom is -0.497 e. The van der Waals surface area contributed by atoms with Crippen molar-refractivity contribution in [2.24, 2.45) is 0 Å². The van der Waals surface area contributed by atoms with Crippen molar-refractivity contribution < 1.29 is 4.74 Å². The maximum atomic E-state index is 6.04. The van der Waals surface area contributed by atoms with Crippen LogP contribution in [0.15, 0.2) is 60.7 Å². The summed E-state index contributed by atoms with van der Waals surface area (Å²) in [5.74, 6) is 1.43. The highest BCUT2D eigenvalue weighted by Crippen LogP contribution is 2.26. The molecule has 0 heterocycles. The molecule has 1 nitrogen and oxygen atoms in total. The van der Waals surface area contributed by atoms with Crippen LogP contribution < -0.4 is 4.74 Å². The van der Waals surface area contributed by atoms with Crippen LogP contribution in [-0.2, 0) is 12.3 Å². The van der Waals surface area contributed by atoms with Crippen molar-refractivity contribution in [3.8, 4) is 5.75 Å². The molecule has 0 saturated carbocycles. The van der Waals surface area contributed by atoms with Crippen LogP contribution in [0.3, 0.4) is 0 Å². The Balaban J connectivity index is 2.00. The van der Waals surface area contributed by atoms with E-state index in [1.807, 2.05) is 12.1 Å². The van der Waals surface area contributed by atoms with Gasteiger partial charge in [-0.3, -0.25) is 0 Å². The maximum Gasteiger partial charge on any atom is 0.118 e. The van der Waals surface area contributed by atoms with Crippen molar-refractivity contribution in [1.29, 1.82) is 0 Å². The Morgan fingerprint density at radius 1 is 0.810 bits per heavy atom. The topological polar surface area (TPSA) is 9.23 Å². The van der Waals surface area contributed by atoms with Gasteiger partial charge in [0.2, 0.25) is 0 Å². The van der Waals surface area contributed by atoms with E-state index in [9.17, 15) is 0 Å². The fourth-order valence-corrected chi connectivity index (χ4v) is 2.89. The minimum absolute atomic E-state index is 0.545. The first-order chi connectivity index (χ1) is 10.3. The average molecular weight is 297 g/mol. The summed E-state index contributed by atoms with van der Waals surface area (Å²) >= 11 is 6.04. The second-order valence-electron chi connectivity index (χ2n) is 5.09. The monoisotopic (exact) mass is 296 g/mol. The van der Waals surface area contributed by atoms with Gasteiger partial charge in [0.05, 0.1) is 7.11 Å². The third-order valence-electron chi connectivity index (χ3n) is 3.80. The van der Waals surface area contributed by atoms with E-state index in [2.05, 4.69) is 48.5 Å². The van der Waals surface area contributed by atoms with Crippen molar-refractivity contribution in [3.05, 3.63) is 77.4 Å². The van der Waals surface area contributed by atoms with E-state index in [0.29, 0.717) is 5.88 Å². The van der Waals surface area contributed by atoms with Crippen LogP contribution in [0.5, 0.6) is 5.75 Å². The first kappa shape index (κ1) is 14.0. The standard InChI is InChI=1S/C19H17ClO/c1-21-17-10-6-14(7-11-17)12-15-8-9-16(13-20)19-5-3-2-4-18(15)19/h2-11H,12-13H2,1H3. The summed E-state index contributed by atoms with van der Waals surface area (Å²) in [6, 6.07) is 21.0. The molecular weight excluding hydrogens is 280 g/mol. The molecule has 0 fully saturated rings. The van der Waals surface area contributed by atoms with Crippen LogP contribution in [0.1, 0.15) is 16.7 Å². The van der Waals surface area contributed by atoms with Gasteiger partial charge in [0, 0.05) is 5.88 Å². The number of halogens is 1. The van der Waals surface area contributed by atoms with E-state index in [0.717, 1.165) is 12.2 Å². The van der Waals surface area contributed by atoms with E-state index < -0.39 is 0 Å². The van der Waals surface area contributed by atoms with E-state index in [-0.39, 0.29) is 0 Å². The van der Waals surface area contributed by atoms with E-state index in [4.69, 9.17) is 16.3 Å². The molecule has 3 aromatic carbocycles. The molecule has 0 spiro atoms. The van der Waals surface area contributed by atoms with E-state index >= 15 is 0 Å². The second-order valence-corrected chi connectivity index (χ2v) is 5.36. The van der Waals surface area contributed by atoms with Gasteiger partial charge in [0.25, 0.3) is 0 Å². The molecule has 0 radical (unpaired) electrons. The average Bonchev–Trinajstić information content (AvgIpc) is 2.56. The molecule has 3 aromatic rings. The molecule has 0 aliphatic rings. The molecule has 0 unspecified atom stereocenters. The number of fused-ring (bicyclic) bond motifs is 1. The first-order valence-corrected chi connectivity index (χ1v) is 7.53. The van der Waals surface area contributed by atoms with Crippen molar-refractivity contribution in [2.45, 2.75) is 12.3 Å². The normalized spacial score (nSPS) is 10.8. The van der Waals surface area contributed by atoms with Crippen LogP contribution in [0.4, 0.5) is 0 Å². The number of hydrogen-bond acceptors (Lipinski definition) is 1. The number of methoxy groups -OCH3 is 1. The van der Waals surface area contributed by atoms with Crippen molar-refractivity contribution in [2.75, 3.05) is 7.11 Å². The number of benzene rings is 3. The molecule has 21 heavy (non-hydrogen) atoms. The predicted octanol–water partition coefficient (Wildman–Crippen LogP) is 5.18. The molecule has 106 valence electrons. The Bertz CT molecular complexity index is 747. The zero-order valence-electron chi connectivity index (χ0n) is 12.0. The van der Waals surface area contributed by atoms with Crippen LogP contribution in [0.25, 0.3) is 10.8 Å². The second kappa shape index (κ2) is 6.19. The molecule has 0 aliphatic heterocycles. The molecule has 2 heteroatoms. The summed E-state index contributed by atoms with van der Waals surface area (Å²) in [6.07, 6.45) is 0.910. The highest BCUT2D eigenvalue weighted by Gasteiger charge is 2.06. The van der Waals surface area contributed by atoms with Gasteiger partial charge >= 0.3 is 0 Å². The quantitative estimate of drug-likeness (QED) is 0.603. The Labute approximate surface area is 130 Å². The molecule has 3 rings (SSSR count). The Kier molecular flexibility index (Phi) is 4.12. The van der Waals surface area contributed by atoms with E-state index in [1.165, 1.54) is 27.5 Å². The summed E-state index contributed by atoms with van der Waals surface area (Å²) in [4.78, 5) is 0.